The van der Waals surface area contributed by atoms with Crippen LogP contribution in [0.2, 0.25) is 0 Å². The van der Waals surface area contributed by atoms with E-state index in [1.165, 1.54) is 96.3 Å². The van der Waals surface area contributed by atoms with Crippen molar-refractivity contribution in [1.29, 1.82) is 0 Å². The molecule has 0 amide bonds. The lowest BCUT2D eigenvalue weighted by Crippen LogP contribution is -2.30. The van der Waals surface area contributed by atoms with Gasteiger partial charge in [0.1, 0.15) is 19.3 Å². The van der Waals surface area contributed by atoms with E-state index in [1.807, 2.05) is 0 Å². The molecule has 570 valence electrons. The fraction of sp³-hybridized carbons (Fsp3) is 0.797. The van der Waals surface area contributed by atoms with Crippen molar-refractivity contribution in [1.82, 2.24) is 0 Å². The van der Waals surface area contributed by atoms with E-state index < -0.39 is 97.5 Å². The Morgan fingerprint density at radius 3 is 0.837 bits per heavy atom. The van der Waals surface area contributed by atoms with Crippen LogP contribution in [-0.2, 0) is 65.4 Å². The van der Waals surface area contributed by atoms with Crippen molar-refractivity contribution in [2.45, 2.75) is 367 Å². The highest BCUT2D eigenvalue weighted by Gasteiger charge is 2.30. The van der Waals surface area contributed by atoms with Gasteiger partial charge in [0.15, 0.2) is 12.2 Å². The van der Waals surface area contributed by atoms with Crippen LogP contribution < -0.4 is 0 Å². The molecule has 0 rings (SSSR count). The van der Waals surface area contributed by atoms with E-state index in [-0.39, 0.29) is 25.7 Å². The molecule has 5 unspecified atom stereocenters. The third kappa shape index (κ3) is 70.9. The van der Waals surface area contributed by atoms with Crippen LogP contribution in [0.3, 0.4) is 0 Å². The second-order valence-corrected chi connectivity index (χ2v) is 29.2. The zero-order valence-corrected chi connectivity index (χ0v) is 64.0. The lowest BCUT2D eigenvalue weighted by Gasteiger charge is -2.21. The third-order valence-corrected chi connectivity index (χ3v) is 18.5. The number of allylic oxidation sites excluding steroid dienone is 12. The first-order valence-corrected chi connectivity index (χ1v) is 42.2. The predicted molar refractivity (Wildman–Crippen MR) is 400 cm³/mol. The fourth-order valence-corrected chi connectivity index (χ4v) is 12.1. The van der Waals surface area contributed by atoms with E-state index >= 15 is 0 Å². The number of esters is 4. The molecule has 0 aliphatic heterocycles. The average molecular weight is 1430 g/mol. The molecule has 0 bridgehead atoms. The standard InChI is InChI=1S/C79H142O17P2/c1-5-9-13-17-21-25-29-32-34-35-36-37-39-42-45-48-52-56-60-64-77(82)89-69-74(95-78(83)65-61-57-53-49-43-28-24-20-16-12-8-4)71-93-97(85,86)91-67-73(80)68-92-98(87,88)94-72-75(96-79(84)66-62-58-54-50-46-40-31-27-23-19-15-11-7-3)70-90-76(81)63-59-55-51-47-44-41-38-33-30-26-22-18-14-10-6-2/h20-21,24-25,27,31-34,36-38,73-75,80H,5-19,22-23,26,28-30,35,39-72H2,1-4H3,(H,85,86)(H,87,88)/b24-20-,25-21-,31-27-,34-32-,37-36-,38-33-. The summed E-state index contributed by atoms with van der Waals surface area (Å²) in [6, 6.07) is 0. The van der Waals surface area contributed by atoms with Gasteiger partial charge >= 0.3 is 39.5 Å². The van der Waals surface area contributed by atoms with Crippen LogP contribution in [0, 0.1) is 0 Å². The number of carbonyl (C=O) groups is 4. The smallest absolute Gasteiger partial charge is 0.462 e. The number of aliphatic hydroxyl groups excluding tert-OH is 1. The lowest BCUT2D eigenvalue weighted by atomic mass is 10.1. The van der Waals surface area contributed by atoms with Crippen molar-refractivity contribution in [3.8, 4) is 0 Å². The topological polar surface area (TPSA) is 237 Å². The minimum Gasteiger partial charge on any atom is -0.462 e. The van der Waals surface area contributed by atoms with Gasteiger partial charge in [0.05, 0.1) is 26.4 Å². The Labute approximate surface area is 596 Å². The average Bonchev–Trinajstić information content (AvgIpc) is 0.974. The number of hydrogen-bond donors (Lipinski definition) is 3. The molecule has 0 saturated heterocycles. The molecular formula is C79H142O17P2. The minimum atomic E-state index is -4.97. The highest BCUT2D eigenvalue weighted by molar-refractivity contribution is 7.47. The van der Waals surface area contributed by atoms with Gasteiger partial charge in [-0.2, -0.15) is 0 Å². The van der Waals surface area contributed by atoms with E-state index in [1.54, 1.807) is 0 Å². The summed E-state index contributed by atoms with van der Waals surface area (Å²) in [6.07, 6.45) is 71.7. The molecule has 0 saturated carbocycles. The number of phosphoric acid groups is 2. The first-order chi connectivity index (χ1) is 47.7. The van der Waals surface area contributed by atoms with Gasteiger partial charge in [0.2, 0.25) is 0 Å². The molecule has 0 aromatic heterocycles. The number of phosphoric ester groups is 2. The van der Waals surface area contributed by atoms with Gasteiger partial charge in [-0.05, 0) is 135 Å². The Morgan fingerprint density at radius 2 is 0.510 bits per heavy atom. The Hall–Kier alpha value is -3.50. The normalized spacial score (nSPS) is 14.3. The third-order valence-electron chi connectivity index (χ3n) is 16.6. The van der Waals surface area contributed by atoms with Crippen molar-refractivity contribution in [2.75, 3.05) is 39.6 Å². The van der Waals surface area contributed by atoms with Crippen LogP contribution in [0.15, 0.2) is 72.9 Å². The molecule has 0 aliphatic rings. The van der Waals surface area contributed by atoms with Crippen molar-refractivity contribution in [3.63, 3.8) is 0 Å². The molecular weight excluding hydrogens is 1280 g/mol. The van der Waals surface area contributed by atoms with Crippen LogP contribution >= 0.6 is 15.6 Å². The summed E-state index contributed by atoms with van der Waals surface area (Å²) in [5.41, 5.74) is 0. The molecule has 0 fully saturated rings. The minimum absolute atomic E-state index is 0.0832. The summed E-state index contributed by atoms with van der Waals surface area (Å²) in [5, 5.41) is 10.6. The van der Waals surface area contributed by atoms with E-state index in [2.05, 4.69) is 101 Å². The van der Waals surface area contributed by atoms with Crippen molar-refractivity contribution in [3.05, 3.63) is 72.9 Å². The number of unbranched alkanes of at least 4 members (excludes halogenated alkanes) is 36. The molecule has 0 aromatic rings. The number of aliphatic hydroxyl groups is 1. The van der Waals surface area contributed by atoms with E-state index in [4.69, 9.17) is 37.0 Å². The van der Waals surface area contributed by atoms with Crippen molar-refractivity contribution >= 4 is 39.5 Å². The molecule has 0 spiro atoms. The summed E-state index contributed by atoms with van der Waals surface area (Å²) >= 11 is 0. The molecule has 5 atom stereocenters. The van der Waals surface area contributed by atoms with Crippen LogP contribution in [-0.4, -0.2) is 96.7 Å². The van der Waals surface area contributed by atoms with Crippen LogP contribution in [0.25, 0.3) is 0 Å². The number of ether oxygens (including phenoxy) is 4. The highest BCUT2D eigenvalue weighted by atomic mass is 31.2. The number of rotatable bonds is 74. The quantitative estimate of drug-likeness (QED) is 0.0169. The summed E-state index contributed by atoms with van der Waals surface area (Å²) in [6.45, 7) is 4.78. The Bertz CT molecular complexity index is 2140. The number of carbonyl (C=O) groups excluding carboxylic acids is 4. The SMILES string of the molecule is CCCC/C=C\CCCCCCCC(=O)OC(COC(=O)CCCCCCCC/C=C\C/C=C\C/C=C\CCCCC)COP(=O)(O)OCC(O)COP(=O)(O)OCC(COC(=O)CCCCCCC/C=C\CCCCCCCC)OC(=O)CCCCCCC/C=C\CCCCCC. The Balaban J connectivity index is 5.30. The van der Waals surface area contributed by atoms with E-state index in [9.17, 15) is 43.2 Å². The lowest BCUT2D eigenvalue weighted by molar-refractivity contribution is -0.161. The van der Waals surface area contributed by atoms with Gasteiger partial charge in [-0.25, -0.2) is 9.13 Å². The molecule has 17 nitrogen and oxygen atoms in total. The molecule has 0 aliphatic carbocycles. The maximum Gasteiger partial charge on any atom is 0.472 e. The fourth-order valence-electron chi connectivity index (χ4n) is 10.6. The van der Waals surface area contributed by atoms with Crippen LogP contribution in [0.1, 0.15) is 349 Å². The summed E-state index contributed by atoms with van der Waals surface area (Å²) in [4.78, 5) is 72.8. The van der Waals surface area contributed by atoms with Gasteiger partial charge < -0.3 is 33.8 Å². The van der Waals surface area contributed by atoms with Gasteiger partial charge in [-0.15, -0.1) is 0 Å². The molecule has 19 heteroatoms. The van der Waals surface area contributed by atoms with Gasteiger partial charge in [0.25, 0.3) is 0 Å². The second-order valence-electron chi connectivity index (χ2n) is 26.3. The summed E-state index contributed by atoms with van der Waals surface area (Å²) in [7, 11) is -9.95. The van der Waals surface area contributed by atoms with Gasteiger partial charge in [-0.3, -0.25) is 37.3 Å². The van der Waals surface area contributed by atoms with E-state index in [0.29, 0.717) is 25.7 Å². The largest absolute Gasteiger partial charge is 0.472 e. The van der Waals surface area contributed by atoms with Crippen molar-refractivity contribution < 1.29 is 80.2 Å². The summed E-state index contributed by atoms with van der Waals surface area (Å²) in [5.74, 6) is -2.20. The second kappa shape index (κ2) is 71.9. The van der Waals surface area contributed by atoms with Gasteiger partial charge in [-0.1, -0.05) is 261 Å². The maximum absolute atomic E-state index is 13.1. The predicted octanol–water partition coefficient (Wildman–Crippen LogP) is 22.4. The Morgan fingerprint density at radius 1 is 0.286 bits per heavy atom. The van der Waals surface area contributed by atoms with E-state index in [0.717, 1.165) is 173 Å². The van der Waals surface area contributed by atoms with Gasteiger partial charge in [0, 0.05) is 25.7 Å². The first kappa shape index (κ1) is 94.5. The molecule has 0 heterocycles. The van der Waals surface area contributed by atoms with Crippen LogP contribution in [0.5, 0.6) is 0 Å². The monoisotopic (exact) mass is 1420 g/mol. The molecule has 0 aromatic carbocycles. The maximum atomic E-state index is 13.1. The molecule has 0 radical (unpaired) electrons. The van der Waals surface area contributed by atoms with Crippen molar-refractivity contribution in [2.24, 2.45) is 0 Å². The zero-order chi connectivity index (χ0) is 71.8. The highest BCUT2D eigenvalue weighted by Crippen LogP contribution is 2.45. The van der Waals surface area contributed by atoms with Crippen LogP contribution in [0.4, 0.5) is 0 Å². The zero-order valence-electron chi connectivity index (χ0n) is 62.2. The number of hydrogen-bond acceptors (Lipinski definition) is 15. The molecule has 98 heavy (non-hydrogen) atoms. The molecule has 3 N–H and O–H groups in total. The first-order valence-electron chi connectivity index (χ1n) is 39.2. The Kier molecular flexibility index (Phi) is 69.3. The summed E-state index contributed by atoms with van der Waals surface area (Å²) < 4.78 is 68.5.